The lowest BCUT2D eigenvalue weighted by Crippen LogP contribution is -2.46. The highest BCUT2D eigenvalue weighted by molar-refractivity contribution is 6.37. The SMILES string of the molecule is Cc1nc(C(=O)N2CCCC(N)C2)nn1-c1c(Cl)cccc1Cl.Cl. The number of hydrogen-bond acceptors (Lipinski definition) is 4. The molecule has 1 atom stereocenters. The third kappa shape index (κ3) is 3.67. The van der Waals surface area contributed by atoms with Crippen molar-refractivity contribution in [2.45, 2.75) is 25.8 Å². The van der Waals surface area contributed by atoms with Crippen LogP contribution in [0, 0.1) is 6.92 Å². The van der Waals surface area contributed by atoms with E-state index in [4.69, 9.17) is 28.9 Å². The second-order valence-corrected chi connectivity index (χ2v) is 6.43. The van der Waals surface area contributed by atoms with Crippen LogP contribution in [-0.2, 0) is 0 Å². The van der Waals surface area contributed by atoms with Crippen LogP contribution < -0.4 is 5.73 Å². The average Bonchev–Trinajstić information content (AvgIpc) is 2.88. The van der Waals surface area contributed by atoms with E-state index in [0.717, 1.165) is 12.8 Å². The fourth-order valence-electron chi connectivity index (χ4n) is 2.72. The van der Waals surface area contributed by atoms with Gasteiger partial charge in [-0.3, -0.25) is 4.79 Å². The van der Waals surface area contributed by atoms with Gasteiger partial charge in [0.15, 0.2) is 0 Å². The van der Waals surface area contributed by atoms with E-state index in [2.05, 4.69) is 10.1 Å². The highest BCUT2D eigenvalue weighted by Gasteiger charge is 2.26. The molecular weight excluding hydrogens is 373 g/mol. The number of benzene rings is 1. The van der Waals surface area contributed by atoms with Crippen LogP contribution in [0.4, 0.5) is 0 Å². The van der Waals surface area contributed by atoms with Gasteiger partial charge in [-0.25, -0.2) is 9.67 Å². The standard InChI is InChI=1S/C15H17Cl2N5O.ClH/c1-9-19-14(15(23)21-7-3-4-10(18)8-21)20-22(9)13-11(16)5-2-6-12(13)17;/h2,5-6,10H,3-4,7-8,18H2,1H3;1H. The van der Waals surface area contributed by atoms with Gasteiger partial charge < -0.3 is 10.6 Å². The summed E-state index contributed by atoms with van der Waals surface area (Å²) < 4.78 is 1.50. The topological polar surface area (TPSA) is 77.0 Å². The van der Waals surface area contributed by atoms with Crippen LogP contribution in [0.3, 0.4) is 0 Å². The number of aryl methyl sites for hydroxylation is 1. The Morgan fingerprint density at radius 1 is 1.33 bits per heavy atom. The summed E-state index contributed by atoms with van der Waals surface area (Å²) in [5.74, 6) is 0.461. The van der Waals surface area contributed by atoms with Gasteiger partial charge in [0.1, 0.15) is 11.5 Å². The second kappa shape index (κ2) is 7.70. The van der Waals surface area contributed by atoms with Crippen LogP contribution in [0.1, 0.15) is 29.3 Å². The predicted octanol–water partition coefficient (Wildman–Crippen LogP) is 2.87. The molecule has 1 aromatic carbocycles. The van der Waals surface area contributed by atoms with E-state index in [0.29, 0.717) is 34.6 Å². The van der Waals surface area contributed by atoms with Crippen molar-refractivity contribution >= 4 is 41.5 Å². The number of likely N-dealkylation sites (tertiary alicyclic amines) is 1. The van der Waals surface area contributed by atoms with Crippen molar-refractivity contribution in [2.75, 3.05) is 13.1 Å². The number of rotatable bonds is 2. The van der Waals surface area contributed by atoms with Gasteiger partial charge in [0.25, 0.3) is 5.91 Å². The van der Waals surface area contributed by atoms with E-state index in [9.17, 15) is 4.79 Å². The first kappa shape index (κ1) is 19.0. The van der Waals surface area contributed by atoms with Crippen LogP contribution in [0.15, 0.2) is 18.2 Å². The Hall–Kier alpha value is -1.34. The van der Waals surface area contributed by atoms with Crippen molar-refractivity contribution in [1.82, 2.24) is 19.7 Å². The molecule has 130 valence electrons. The number of para-hydroxylation sites is 1. The zero-order chi connectivity index (χ0) is 16.6. The lowest BCUT2D eigenvalue weighted by Gasteiger charge is -2.29. The Kier molecular flexibility index (Phi) is 6.09. The molecular formula is C15H18Cl3N5O. The van der Waals surface area contributed by atoms with Gasteiger partial charge in [-0.2, -0.15) is 0 Å². The fourth-order valence-corrected chi connectivity index (χ4v) is 3.28. The van der Waals surface area contributed by atoms with Crippen LogP contribution in [0.5, 0.6) is 0 Å². The molecule has 24 heavy (non-hydrogen) atoms. The molecule has 0 bridgehead atoms. The zero-order valence-corrected chi connectivity index (χ0v) is 15.4. The van der Waals surface area contributed by atoms with Gasteiger partial charge in [0.05, 0.1) is 10.0 Å². The number of aromatic nitrogens is 3. The number of carbonyl (C=O) groups is 1. The van der Waals surface area contributed by atoms with E-state index in [-0.39, 0.29) is 30.2 Å². The average molecular weight is 391 g/mol. The van der Waals surface area contributed by atoms with Crippen molar-refractivity contribution in [1.29, 1.82) is 0 Å². The van der Waals surface area contributed by atoms with Crippen molar-refractivity contribution in [2.24, 2.45) is 5.73 Å². The summed E-state index contributed by atoms with van der Waals surface area (Å²) in [5.41, 5.74) is 6.46. The summed E-state index contributed by atoms with van der Waals surface area (Å²) in [6, 6.07) is 5.19. The van der Waals surface area contributed by atoms with Crippen molar-refractivity contribution in [3.05, 3.63) is 39.9 Å². The van der Waals surface area contributed by atoms with Gasteiger partial charge in [-0.15, -0.1) is 17.5 Å². The smallest absolute Gasteiger partial charge is 0.293 e. The third-order valence-corrected chi connectivity index (χ3v) is 4.46. The second-order valence-electron chi connectivity index (χ2n) is 5.62. The minimum atomic E-state index is -0.217. The van der Waals surface area contributed by atoms with E-state index >= 15 is 0 Å². The molecule has 2 N–H and O–H groups in total. The summed E-state index contributed by atoms with van der Waals surface area (Å²) in [6.07, 6.45) is 1.82. The molecule has 0 spiro atoms. The number of piperidine rings is 1. The highest BCUT2D eigenvalue weighted by atomic mass is 35.5. The molecule has 0 radical (unpaired) electrons. The monoisotopic (exact) mass is 389 g/mol. The maximum atomic E-state index is 12.6. The molecule has 9 heteroatoms. The molecule has 1 aliphatic rings. The van der Waals surface area contributed by atoms with Crippen LogP contribution in [0.25, 0.3) is 5.69 Å². The number of amides is 1. The largest absolute Gasteiger partial charge is 0.334 e. The maximum absolute atomic E-state index is 12.6. The van der Waals surface area contributed by atoms with Gasteiger partial charge in [0, 0.05) is 19.1 Å². The van der Waals surface area contributed by atoms with Crippen LogP contribution >= 0.6 is 35.6 Å². The molecule has 1 amide bonds. The predicted molar refractivity (Wildman–Crippen MR) is 96.5 cm³/mol. The minimum Gasteiger partial charge on any atom is -0.334 e. The summed E-state index contributed by atoms with van der Waals surface area (Å²) >= 11 is 12.4. The molecule has 1 fully saturated rings. The first-order valence-corrected chi connectivity index (χ1v) is 8.16. The highest BCUT2D eigenvalue weighted by Crippen LogP contribution is 2.28. The molecule has 3 rings (SSSR count). The molecule has 2 aromatic rings. The quantitative estimate of drug-likeness (QED) is 0.855. The van der Waals surface area contributed by atoms with Crippen molar-refractivity contribution < 1.29 is 4.79 Å². The summed E-state index contributed by atoms with van der Waals surface area (Å²) in [7, 11) is 0. The molecule has 2 heterocycles. The van der Waals surface area contributed by atoms with Crippen LogP contribution in [0.2, 0.25) is 10.0 Å². The zero-order valence-electron chi connectivity index (χ0n) is 13.1. The van der Waals surface area contributed by atoms with Gasteiger partial charge in [-0.05, 0) is 31.9 Å². The third-order valence-electron chi connectivity index (χ3n) is 3.85. The first-order valence-electron chi connectivity index (χ1n) is 7.40. The van der Waals surface area contributed by atoms with Crippen molar-refractivity contribution in [3.8, 4) is 5.69 Å². The normalized spacial score (nSPS) is 17.5. The Balaban J connectivity index is 0.00000208. The lowest BCUT2D eigenvalue weighted by molar-refractivity contribution is 0.0696. The molecule has 1 unspecified atom stereocenters. The molecule has 1 aliphatic heterocycles. The van der Waals surface area contributed by atoms with E-state index in [1.54, 1.807) is 30.0 Å². The number of halogens is 3. The Labute approximate surface area is 156 Å². The Morgan fingerprint density at radius 3 is 2.62 bits per heavy atom. The number of nitrogens with two attached hydrogens (primary N) is 1. The molecule has 0 aliphatic carbocycles. The number of carbonyl (C=O) groups excluding carboxylic acids is 1. The van der Waals surface area contributed by atoms with Crippen molar-refractivity contribution in [3.63, 3.8) is 0 Å². The first-order chi connectivity index (χ1) is 11.0. The molecule has 1 aromatic heterocycles. The van der Waals surface area contributed by atoms with E-state index in [1.807, 2.05) is 0 Å². The summed E-state index contributed by atoms with van der Waals surface area (Å²) in [5, 5.41) is 5.20. The Morgan fingerprint density at radius 2 is 2.00 bits per heavy atom. The molecule has 6 nitrogen and oxygen atoms in total. The van der Waals surface area contributed by atoms with Gasteiger partial charge in [-0.1, -0.05) is 29.3 Å². The fraction of sp³-hybridized carbons (Fsp3) is 0.400. The van der Waals surface area contributed by atoms with Crippen LogP contribution in [-0.4, -0.2) is 44.7 Å². The molecule has 0 saturated carbocycles. The number of nitrogens with zero attached hydrogens (tertiary/aromatic N) is 4. The van der Waals surface area contributed by atoms with E-state index in [1.165, 1.54) is 4.68 Å². The minimum absolute atomic E-state index is 0. The maximum Gasteiger partial charge on any atom is 0.293 e. The number of hydrogen-bond donors (Lipinski definition) is 1. The van der Waals surface area contributed by atoms with E-state index < -0.39 is 0 Å². The lowest BCUT2D eigenvalue weighted by atomic mass is 10.1. The van der Waals surface area contributed by atoms with Gasteiger partial charge in [0.2, 0.25) is 5.82 Å². The summed E-state index contributed by atoms with van der Waals surface area (Å²) in [4.78, 5) is 18.5. The Bertz CT molecular complexity index is 728. The summed E-state index contributed by atoms with van der Waals surface area (Å²) in [6.45, 7) is 2.96. The molecule has 1 saturated heterocycles. The van der Waals surface area contributed by atoms with Gasteiger partial charge >= 0.3 is 0 Å².